The van der Waals surface area contributed by atoms with Crippen molar-refractivity contribution in [1.29, 1.82) is 0 Å². The number of hydrogen-bond donors (Lipinski definition) is 0. The van der Waals surface area contributed by atoms with E-state index < -0.39 is 0 Å². The van der Waals surface area contributed by atoms with Gasteiger partial charge in [0, 0.05) is 39.3 Å². The second-order valence-electron chi connectivity index (χ2n) is 7.06. The van der Waals surface area contributed by atoms with Crippen molar-refractivity contribution in [3.05, 3.63) is 16.4 Å². The van der Waals surface area contributed by atoms with Crippen LogP contribution in [0.3, 0.4) is 0 Å². The molecule has 0 unspecified atom stereocenters. The van der Waals surface area contributed by atoms with Gasteiger partial charge in [-0.25, -0.2) is 9.97 Å². The summed E-state index contributed by atoms with van der Waals surface area (Å²) in [6.45, 7) is 9.43. The number of aromatic nitrogens is 2. The molecular weight excluding hydrogens is 364 g/mol. The van der Waals surface area contributed by atoms with Crippen molar-refractivity contribution in [3.63, 3.8) is 0 Å². The average Bonchev–Trinajstić information content (AvgIpc) is 2.73. The highest BCUT2D eigenvalue weighted by Crippen LogP contribution is 2.36. The smallest absolute Gasteiger partial charge is 0.353 e. The molecule has 0 atom stereocenters. The lowest BCUT2D eigenvalue weighted by Gasteiger charge is -2.35. The highest BCUT2D eigenvalue weighted by atomic mass is 16.6. The van der Waals surface area contributed by atoms with E-state index in [0.717, 1.165) is 19.6 Å². The molecule has 28 heavy (non-hydrogen) atoms. The summed E-state index contributed by atoms with van der Waals surface area (Å²) >= 11 is 0. The molecule has 0 N–H and O–H groups in total. The normalized spacial score (nSPS) is 18.9. The fraction of sp³-hybridized carbons (Fsp3) is 0.722. The first-order valence-corrected chi connectivity index (χ1v) is 9.93. The van der Waals surface area contributed by atoms with Crippen LogP contribution in [0.5, 0.6) is 0 Å². The van der Waals surface area contributed by atoms with Gasteiger partial charge in [0.05, 0.1) is 17.4 Å². The number of nitrogens with zero attached hydrogens (tertiary/aromatic N) is 6. The van der Waals surface area contributed by atoms with Gasteiger partial charge in [0.2, 0.25) is 11.6 Å². The molecule has 0 aromatic carbocycles. The monoisotopic (exact) mass is 392 g/mol. The number of nitro groups is 1. The van der Waals surface area contributed by atoms with Crippen LogP contribution in [0.15, 0.2) is 6.33 Å². The molecule has 0 bridgehead atoms. The lowest BCUT2D eigenvalue weighted by molar-refractivity contribution is -0.383. The van der Waals surface area contributed by atoms with Crippen LogP contribution < -0.4 is 9.80 Å². The van der Waals surface area contributed by atoms with Crippen molar-refractivity contribution in [2.45, 2.75) is 26.7 Å². The minimum Gasteiger partial charge on any atom is -0.466 e. The van der Waals surface area contributed by atoms with E-state index in [2.05, 4.69) is 21.8 Å². The first-order valence-electron chi connectivity index (χ1n) is 9.93. The molecule has 1 aromatic heterocycles. The van der Waals surface area contributed by atoms with Gasteiger partial charge in [-0.2, -0.15) is 0 Å². The maximum Gasteiger partial charge on any atom is 0.353 e. The Morgan fingerprint density at radius 2 is 1.68 bits per heavy atom. The van der Waals surface area contributed by atoms with E-state index in [1.807, 2.05) is 9.80 Å². The van der Waals surface area contributed by atoms with E-state index in [-0.39, 0.29) is 22.5 Å². The van der Waals surface area contributed by atoms with Crippen LogP contribution in [0.1, 0.15) is 26.7 Å². The number of ether oxygens (including phenoxy) is 1. The number of carbonyl (C=O) groups is 1. The van der Waals surface area contributed by atoms with E-state index in [9.17, 15) is 14.9 Å². The maximum absolute atomic E-state index is 11.9. The number of piperazine rings is 1. The van der Waals surface area contributed by atoms with Gasteiger partial charge in [0.1, 0.15) is 6.33 Å². The fourth-order valence-corrected chi connectivity index (χ4v) is 3.85. The summed E-state index contributed by atoms with van der Waals surface area (Å²) in [6.07, 6.45) is 2.61. The molecule has 2 saturated heterocycles. The Hall–Kier alpha value is -2.49. The van der Waals surface area contributed by atoms with Crippen molar-refractivity contribution in [3.8, 4) is 0 Å². The zero-order valence-corrected chi connectivity index (χ0v) is 16.5. The molecule has 0 saturated carbocycles. The summed E-state index contributed by atoms with van der Waals surface area (Å²) in [6, 6.07) is 0. The summed E-state index contributed by atoms with van der Waals surface area (Å²) in [5, 5.41) is 11.9. The molecule has 2 aliphatic heterocycles. The minimum absolute atomic E-state index is 0.0398. The van der Waals surface area contributed by atoms with Crippen molar-refractivity contribution in [2.24, 2.45) is 5.92 Å². The van der Waals surface area contributed by atoms with Crippen LogP contribution in [-0.4, -0.2) is 78.2 Å². The van der Waals surface area contributed by atoms with E-state index in [4.69, 9.17) is 4.74 Å². The van der Waals surface area contributed by atoms with E-state index >= 15 is 0 Å². The maximum atomic E-state index is 11.9. The average molecular weight is 392 g/mol. The number of anilines is 2. The highest BCUT2D eigenvalue weighted by molar-refractivity contribution is 5.74. The summed E-state index contributed by atoms with van der Waals surface area (Å²) in [4.78, 5) is 38.1. The summed E-state index contributed by atoms with van der Waals surface area (Å²) in [5.41, 5.74) is -0.0398. The minimum atomic E-state index is -0.381. The molecule has 2 aliphatic rings. The zero-order valence-electron chi connectivity index (χ0n) is 16.5. The third-order valence-corrected chi connectivity index (χ3v) is 5.50. The molecule has 0 spiro atoms. The molecule has 154 valence electrons. The van der Waals surface area contributed by atoms with Crippen LogP contribution >= 0.6 is 0 Å². The third-order valence-electron chi connectivity index (χ3n) is 5.50. The van der Waals surface area contributed by atoms with Crippen molar-refractivity contribution in [2.75, 3.05) is 62.2 Å². The Balaban J connectivity index is 1.77. The van der Waals surface area contributed by atoms with Gasteiger partial charge in [-0.1, -0.05) is 6.92 Å². The number of piperidine rings is 1. The van der Waals surface area contributed by atoms with E-state index in [0.29, 0.717) is 57.3 Å². The Kier molecular flexibility index (Phi) is 6.61. The lowest BCUT2D eigenvalue weighted by atomic mass is 9.97. The Bertz CT molecular complexity index is 699. The first kappa shape index (κ1) is 20.2. The van der Waals surface area contributed by atoms with Crippen LogP contribution in [0.25, 0.3) is 0 Å². The summed E-state index contributed by atoms with van der Waals surface area (Å²) < 4.78 is 5.10. The zero-order chi connectivity index (χ0) is 20.1. The van der Waals surface area contributed by atoms with Crippen LogP contribution in [0, 0.1) is 16.0 Å². The molecule has 3 rings (SSSR count). The predicted octanol–water partition coefficient (Wildman–Crippen LogP) is 1.31. The number of carbonyl (C=O) groups excluding carboxylic acids is 1. The third kappa shape index (κ3) is 4.32. The quantitative estimate of drug-likeness (QED) is 0.402. The number of hydrogen-bond acceptors (Lipinski definition) is 9. The molecule has 0 amide bonds. The highest BCUT2D eigenvalue weighted by Gasteiger charge is 2.34. The molecular formula is C18H28N6O4. The summed E-state index contributed by atoms with van der Waals surface area (Å²) in [5.74, 6) is 0.390. The SMILES string of the molecule is CCOC(=O)C1CCN(c2ncnc(N3CCN(CC)CC3)c2[N+](=O)[O-])CC1. The van der Waals surface area contributed by atoms with Gasteiger partial charge < -0.3 is 19.4 Å². The summed E-state index contributed by atoms with van der Waals surface area (Å²) in [7, 11) is 0. The fourth-order valence-electron chi connectivity index (χ4n) is 3.85. The van der Waals surface area contributed by atoms with Crippen molar-refractivity contribution in [1.82, 2.24) is 14.9 Å². The Morgan fingerprint density at radius 1 is 1.11 bits per heavy atom. The van der Waals surface area contributed by atoms with Crippen LogP contribution in [0.2, 0.25) is 0 Å². The Morgan fingerprint density at radius 3 is 2.18 bits per heavy atom. The van der Waals surface area contributed by atoms with Gasteiger partial charge in [-0.3, -0.25) is 14.9 Å². The van der Waals surface area contributed by atoms with Crippen LogP contribution in [-0.2, 0) is 9.53 Å². The first-order chi connectivity index (χ1) is 13.5. The molecule has 0 aliphatic carbocycles. The molecule has 0 radical (unpaired) electrons. The van der Waals surface area contributed by atoms with Gasteiger partial charge in [0.25, 0.3) is 0 Å². The van der Waals surface area contributed by atoms with Gasteiger partial charge in [-0.15, -0.1) is 0 Å². The molecule has 2 fully saturated rings. The van der Waals surface area contributed by atoms with Crippen molar-refractivity contribution < 1.29 is 14.5 Å². The standard InChI is InChI=1S/C18H28N6O4/c1-3-21-9-11-23(12-10-21)17-15(24(26)27)16(19-13-20-17)22-7-5-14(6-8-22)18(25)28-4-2/h13-14H,3-12H2,1-2H3. The second kappa shape index (κ2) is 9.13. The van der Waals surface area contributed by atoms with Gasteiger partial charge in [-0.05, 0) is 26.3 Å². The molecule has 3 heterocycles. The Labute approximate surface area is 164 Å². The predicted molar refractivity (Wildman–Crippen MR) is 105 cm³/mol. The topological polar surface area (TPSA) is 105 Å². The van der Waals surface area contributed by atoms with E-state index in [1.165, 1.54) is 6.33 Å². The number of rotatable bonds is 6. The van der Waals surface area contributed by atoms with Crippen LogP contribution in [0.4, 0.5) is 17.3 Å². The lowest BCUT2D eigenvalue weighted by Crippen LogP contribution is -2.46. The number of esters is 1. The van der Waals surface area contributed by atoms with E-state index in [1.54, 1.807) is 6.92 Å². The van der Waals surface area contributed by atoms with Crippen molar-refractivity contribution >= 4 is 23.3 Å². The molecule has 1 aromatic rings. The van der Waals surface area contributed by atoms with Gasteiger partial charge in [0.15, 0.2) is 0 Å². The molecule has 10 nitrogen and oxygen atoms in total. The largest absolute Gasteiger partial charge is 0.466 e. The number of likely N-dealkylation sites (N-methyl/N-ethyl adjacent to an activating group) is 1. The molecule has 10 heteroatoms. The van der Waals surface area contributed by atoms with Gasteiger partial charge >= 0.3 is 11.7 Å². The second-order valence-corrected chi connectivity index (χ2v) is 7.06.